The largest absolute Gasteiger partial charge is 1.00 e. The van der Waals surface area contributed by atoms with Crippen LogP contribution in [0.25, 0.3) is 0 Å². The molecule has 0 spiro atoms. The molecule has 0 radical (unpaired) electrons. The molecule has 0 aromatic heterocycles. The second-order valence-corrected chi connectivity index (χ2v) is 6.60. The Kier molecular flexibility index (Phi) is 13.8. The number of allylic oxidation sites excluding steroid dienone is 1. The second kappa shape index (κ2) is 14.8. The van der Waals surface area contributed by atoms with Crippen molar-refractivity contribution in [3.05, 3.63) is 76.5 Å². The molecule has 2 rings (SSSR count). The molecule has 10 heteroatoms. The summed E-state index contributed by atoms with van der Waals surface area (Å²) in [5, 5.41) is 12.4. The van der Waals surface area contributed by atoms with Crippen LogP contribution in [0.3, 0.4) is 0 Å². The molecule has 1 aliphatic carbocycles. The zero-order valence-electron chi connectivity index (χ0n) is 19.7. The molecule has 2 unspecified atom stereocenters. The molecule has 0 saturated heterocycles. The number of nitrogens with zero attached hydrogens (tertiary/aromatic N) is 2. The van der Waals surface area contributed by atoms with Gasteiger partial charge in [0.2, 0.25) is 0 Å². The summed E-state index contributed by atoms with van der Waals surface area (Å²) in [7, 11) is 5.49. The Bertz CT molecular complexity index is 784. The minimum absolute atomic E-state index is 0. The predicted molar refractivity (Wildman–Crippen MR) is 115 cm³/mol. The number of methoxy groups -OCH3 is 2. The number of nitro groups is 1. The Morgan fingerprint density at radius 3 is 2.28 bits per heavy atom. The van der Waals surface area contributed by atoms with E-state index in [2.05, 4.69) is 13.8 Å². The van der Waals surface area contributed by atoms with E-state index < -0.39 is 22.3 Å². The maximum absolute atomic E-state index is 13.2. The van der Waals surface area contributed by atoms with Gasteiger partial charge in [0.25, 0.3) is 11.6 Å². The number of hydroxylamine groups is 2. The molecule has 172 valence electrons. The number of carbonyl (C=O) groups is 1. The zero-order valence-corrected chi connectivity index (χ0v) is 19.7. The van der Waals surface area contributed by atoms with E-state index in [1.807, 2.05) is 6.07 Å². The summed E-state index contributed by atoms with van der Waals surface area (Å²) in [6.07, 6.45) is 4.73. The maximum Gasteiger partial charge on any atom is 1.00 e. The van der Waals surface area contributed by atoms with Crippen LogP contribution in [0.4, 0.5) is 0 Å². The molecule has 0 fully saturated rings. The number of rotatable bonds is 9. The first-order chi connectivity index (χ1) is 14.8. The Morgan fingerprint density at radius 1 is 1.25 bits per heavy atom. The molecular weight excluding hydrogens is 411 g/mol. The number of amides is 1. The van der Waals surface area contributed by atoms with Gasteiger partial charge in [0, 0.05) is 20.2 Å². The van der Waals surface area contributed by atoms with Crippen molar-refractivity contribution in [2.45, 2.75) is 31.3 Å². The molecule has 32 heavy (non-hydrogen) atoms. The van der Waals surface area contributed by atoms with Crippen LogP contribution >= 0.6 is 0 Å². The Hall–Kier alpha value is -2.15. The van der Waals surface area contributed by atoms with Crippen LogP contribution in [-0.4, -0.2) is 56.7 Å². The number of carbonyl (C=O) groups excluding carboxylic acids is 1. The van der Waals surface area contributed by atoms with Gasteiger partial charge in [-0.15, -0.1) is 0 Å². The van der Waals surface area contributed by atoms with Crippen LogP contribution in [0.15, 0.2) is 53.9 Å². The Balaban J connectivity index is 0.00000177. The average molecular weight is 442 g/mol. The van der Waals surface area contributed by atoms with Crippen molar-refractivity contribution < 1.29 is 47.6 Å². The van der Waals surface area contributed by atoms with Crippen molar-refractivity contribution in [3.63, 3.8) is 0 Å². The average Bonchev–Trinajstić information content (AvgIpc) is 2.81. The van der Waals surface area contributed by atoms with E-state index in [-0.39, 0.29) is 37.1 Å². The maximum atomic E-state index is 13.2. The molecule has 0 N–H and O–H groups in total. The summed E-state index contributed by atoms with van der Waals surface area (Å²) < 4.78 is 16.2. The number of hydrogen-bond acceptors (Lipinski definition) is 7. The van der Waals surface area contributed by atoms with Crippen LogP contribution in [-0.2, 0) is 23.8 Å². The van der Waals surface area contributed by atoms with Crippen molar-refractivity contribution >= 4 is 5.91 Å². The third-order valence-electron chi connectivity index (χ3n) is 4.61. The van der Waals surface area contributed by atoms with Crippen LogP contribution in [0.5, 0.6) is 0 Å². The first kappa shape index (κ1) is 29.8. The summed E-state index contributed by atoms with van der Waals surface area (Å²) in [5.41, 5.74) is -1.45. The van der Waals surface area contributed by atoms with Crippen LogP contribution < -0.4 is 18.9 Å². The second-order valence-electron chi connectivity index (χ2n) is 6.60. The van der Waals surface area contributed by atoms with Crippen molar-refractivity contribution in [1.29, 1.82) is 0 Å². The molecule has 2 atom stereocenters. The van der Waals surface area contributed by atoms with Crippen LogP contribution in [0, 0.1) is 17.0 Å². The van der Waals surface area contributed by atoms with E-state index in [4.69, 9.17) is 19.0 Å². The van der Waals surface area contributed by atoms with E-state index in [0.29, 0.717) is 5.56 Å². The number of ether oxygens (including phenoxy) is 3. The van der Waals surface area contributed by atoms with Crippen LogP contribution in [0.1, 0.15) is 31.2 Å². The fraction of sp³-hybridized carbons (Fsp3) is 0.455. The number of likely N-dealkylation sites (N-methyl/N-ethyl adjacent to an activating group) is 1. The fourth-order valence-electron chi connectivity index (χ4n) is 2.98. The Morgan fingerprint density at radius 2 is 1.84 bits per heavy atom. The van der Waals surface area contributed by atoms with Crippen LogP contribution in [0.2, 0.25) is 0 Å². The molecule has 1 aliphatic rings. The molecule has 1 aromatic carbocycles. The number of unbranched alkanes of at least 4 members (excludes halogenated alkanes) is 1. The monoisotopic (exact) mass is 442 g/mol. The van der Waals surface area contributed by atoms with Gasteiger partial charge in [-0.1, -0.05) is 43.7 Å². The van der Waals surface area contributed by atoms with Gasteiger partial charge in [-0.25, -0.2) is 5.06 Å². The van der Waals surface area contributed by atoms with Crippen molar-refractivity contribution in [2.75, 3.05) is 35.2 Å². The first-order valence-corrected chi connectivity index (χ1v) is 9.75. The molecule has 0 heterocycles. The van der Waals surface area contributed by atoms with E-state index >= 15 is 0 Å². The van der Waals surface area contributed by atoms with E-state index in [1.54, 1.807) is 24.3 Å². The predicted octanol–water partition coefficient (Wildman–Crippen LogP) is 0.478. The molecule has 1 amide bonds. The normalized spacial score (nSPS) is 19.4. The smallest absolute Gasteiger partial charge is 0.500 e. The van der Waals surface area contributed by atoms with Crippen molar-refractivity contribution in [3.8, 4) is 0 Å². The van der Waals surface area contributed by atoms with E-state index in [0.717, 1.165) is 11.5 Å². The van der Waals surface area contributed by atoms with Gasteiger partial charge in [-0.3, -0.25) is 19.7 Å². The molecule has 1 aromatic rings. The summed E-state index contributed by atoms with van der Waals surface area (Å²) in [4.78, 5) is 29.1. The van der Waals surface area contributed by atoms with Crippen molar-refractivity contribution in [1.82, 2.24) is 5.06 Å². The van der Waals surface area contributed by atoms with Gasteiger partial charge in [0.1, 0.15) is 12.6 Å². The van der Waals surface area contributed by atoms with Gasteiger partial charge in [-0.05, 0) is 5.56 Å². The number of hydrogen-bond donors (Lipinski definition) is 0. The third kappa shape index (κ3) is 7.19. The standard InChI is InChI=1S/C18H22N2O7.C4H9.Li/c1-19(26-4)17(21)18(27-12-24-2)11-14(20(22)23)10-15(25-3)16(18)13-8-6-5-7-9-13;1-3-4-2;/h5-11,16H,12H2,1-4H3;1,3-4H2,2H3;/q;-1;+1. The van der Waals surface area contributed by atoms with Crippen molar-refractivity contribution in [2.24, 2.45) is 0 Å². The molecule has 9 nitrogen and oxygen atoms in total. The molecule has 0 bridgehead atoms. The summed E-state index contributed by atoms with van der Waals surface area (Å²) in [6, 6.07) is 8.98. The molecule has 0 saturated carbocycles. The van der Waals surface area contributed by atoms with Gasteiger partial charge >= 0.3 is 18.9 Å². The SMILES string of the molecule is COCOC1(C(=O)N(C)OC)C=C([N+](=O)[O-])C=C(OC)C1c1ccccc1.[CH2-]CCC.[Li+]. The molecular formula is C22H31LiN2O7. The minimum atomic E-state index is -1.80. The molecule has 0 aliphatic heterocycles. The van der Waals surface area contributed by atoms with Gasteiger partial charge in [-0.2, -0.15) is 6.42 Å². The van der Waals surface area contributed by atoms with Gasteiger partial charge in [0.15, 0.2) is 5.60 Å². The Labute approximate surface area is 201 Å². The van der Waals surface area contributed by atoms with Gasteiger partial charge in [0.05, 0.1) is 31.1 Å². The third-order valence-corrected chi connectivity index (χ3v) is 4.61. The minimum Gasteiger partial charge on any atom is -0.500 e. The summed E-state index contributed by atoms with van der Waals surface area (Å²) in [5.74, 6) is -1.21. The zero-order chi connectivity index (χ0) is 23.4. The number of benzene rings is 1. The quantitative estimate of drug-likeness (QED) is 0.180. The summed E-state index contributed by atoms with van der Waals surface area (Å²) in [6.45, 7) is 5.45. The van der Waals surface area contributed by atoms with E-state index in [9.17, 15) is 14.9 Å². The first-order valence-electron chi connectivity index (χ1n) is 9.75. The fourth-order valence-corrected chi connectivity index (χ4v) is 2.98. The van der Waals surface area contributed by atoms with E-state index in [1.165, 1.54) is 46.9 Å². The summed E-state index contributed by atoms with van der Waals surface area (Å²) >= 11 is 0. The van der Waals surface area contributed by atoms with Gasteiger partial charge < -0.3 is 21.1 Å². The topological polar surface area (TPSA) is 100 Å².